The maximum absolute atomic E-state index is 12.2. The molecule has 0 saturated heterocycles. The van der Waals surface area contributed by atoms with E-state index in [-0.39, 0.29) is 18.2 Å². The van der Waals surface area contributed by atoms with Crippen molar-refractivity contribution in [2.75, 3.05) is 6.54 Å². The van der Waals surface area contributed by atoms with Crippen LogP contribution >= 0.6 is 11.3 Å². The second-order valence-electron chi connectivity index (χ2n) is 5.26. The molecule has 0 aliphatic rings. The molecule has 22 heavy (non-hydrogen) atoms. The molecule has 1 amide bonds. The van der Waals surface area contributed by atoms with Crippen molar-refractivity contribution >= 4 is 23.2 Å². The number of amides is 1. The van der Waals surface area contributed by atoms with Gasteiger partial charge in [0.1, 0.15) is 10.6 Å². The number of carboxylic acids is 1. The first-order valence-electron chi connectivity index (χ1n) is 6.91. The average molecular weight is 322 g/mol. The van der Waals surface area contributed by atoms with E-state index < -0.39 is 5.97 Å². The van der Waals surface area contributed by atoms with E-state index in [1.54, 1.807) is 13.8 Å². The highest BCUT2D eigenvalue weighted by Crippen LogP contribution is 2.29. The number of hydrogen-bond donors (Lipinski definition) is 2. The Morgan fingerprint density at radius 2 is 2.14 bits per heavy atom. The quantitative estimate of drug-likeness (QED) is 0.853. The van der Waals surface area contributed by atoms with Crippen LogP contribution in [0.25, 0.3) is 10.8 Å². The van der Waals surface area contributed by atoms with Crippen LogP contribution in [-0.4, -0.2) is 28.5 Å². The van der Waals surface area contributed by atoms with Crippen molar-refractivity contribution < 1.29 is 19.1 Å². The largest absolute Gasteiger partial charge is 0.481 e. The predicted molar refractivity (Wildman–Crippen MR) is 83.0 cm³/mol. The molecule has 2 aromatic rings. The number of carbonyl (C=O) groups is 2. The summed E-state index contributed by atoms with van der Waals surface area (Å²) in [4.78, 5) is 27.7. The van der Waals surface area contributed by atoms with Crippen LogP contribution in [0.3, 0.4) is 0 Å². The molecule has 0 bridgehead atoms. The Morgan fingerprint density at radius 3 is 2.73 bits per heavy atom. The van der Waals surface area contributed by atoms with Crippen LogP contribution in [0.2, 0.25) is 0 Å². The Bertz CT molecular complexity index is 690. The van der Waals surface area contributed by atoms with E-state index >= 15 is 0 Å². The molecule has 1 unspecified atom stereocenters. The van der Waals surface area contributed by atoms with Gasteiger partial charge in [0.15, 0.2) is 10.8 Å². The van der Waals surface area contributed by atoms with Crippen LogP contribution in [0.4, 0.5) is 0 Å². The zero-order chi connectivity index (χ0) is 16.3. The highest BCUT2D eigenvalue weighted by atomic mass is 32.1. The Hall–Kier alpha value is -2.15. The standard InChI is InChI=1S/C15H18N2O4S/c1-8(6-12(18)19)7-16-14(20)13-10(3)17-15(22-13)11-5-4-9(2)21-11/h4-5,8H,6-7H2,1-3H3,(H,16,20)(H,18,19). The van der Waals surface area contributed by atoms with Gasteiger partial charge in [-0.3, -0.25) is 9.59 Å². The highest BCUT2D eigenvalue weighted by Gasteiger charge is 2.18. The van der Waals surface area contributed by atoms with Gasteiger partial charge in [-0.2, -0.15) is 0 Å². The van der Waals surface area contributed by atoms with Gasteiger partial charge in [0.25, 0.3) is 5.91 Å². The fraction of sp³-hybridized carbons (Fsp3) is 0.400. The van der Waals surface area contributed by atoms with Gasteiger partial charge in [0.2, 0.25) is 0 Å². The number of rotatable bonds is 6. The molecular formula is C15H18N2O4S. The van der Waals surface area contributed by atoms with Gasteiger partial charge in [-0.05, 0) is 31.9 Å². The third-order valence-electron chi connectivity index (χ3n) is 3.09. The Balaban J connectivity index is 2.04. The normalized spacial score (nSPS) is 12.1. The van der Waals surface area contributed by atoms with Crippen molar-refractivity contribution in [1.82, 2.24) is 10.3 Å². The lowest BCUT2D eigenvalue weighted by atomic mass is 10.1. The molecular weight excluding hydrogens is 304 g/mol. The molecule has 2 heterocycles. The molecule has 118 valence electrons. The topological polar surface area (TPSA) is 92.4 Å². The van der Waals surface area contributed by atoms with Crippen LogP contribution in [0, 0.1) is 19.8 Å². The number of aliphatic carboxylic acids is 1. The zero-order valence-electron chi connectivity index (χ0n) is 12.7. The number of furan rings is 1. The molecule has 0 radical (unpaired) electrons. The van der Waals surface area contributed by atoms with Crippen molar-refractivity contribution in [3.05, 3.63) is 28.5 Å². The Morgan fingerprint density at radius 1 is 1.41 bits per heavy atom. The van der Waals surface area contributed by atoms with Crippen LogP contribution < -0.4 is 5.32 Å². The van der Waals surface area contributed by atoms with E-state index in [1.165, 1.54) is 11.3 Å². The van der Waals surface area contributed by atoms with E-state index in [2.05, 4.69) is 10.3 Å². The minimum Gasteiger partial charge on any atom is -0.481 e. The van der Waals surface area contributed by atoms with Gasteiger partial charge in [-0.1, -0.05) is 6.92 Å². The van der Waals surface area contributed by atoms with Gasteiger partial charge in [-0.15, -0.1) is 11.3 Å². The molecule has 6 nitrogen and oxygen atoms in total. The van der Waals surface area contributed by atoms with Crippen LogP contribution in [0.5, 0.6) is 0 Å². The third kappa shape index (κ3) is 3.94. The molecule has 0 aliphatic carbocycles. The van der Waals surface area contributed by atoms with E-state index in [1.807, 2.05) is 19.1 Å². The fourth-order valence-electron chi connectivity index (χ4n) is 1.98. The first kappa shape index (κ1) is 16.2. The highest BCUT2D eigenvalue weighted by molar-refractivity contribution is 7.17. The summed E-state index contributed by atoms with van der Waals surface area (Å²) in [7, 11) is 0. The smallest absolute Gasteiger partial charge is 0.303 e. The Labute approximate surface area is 132 Å². The second kappa shape index (κ2) is 6.74. The minimum atomic E-state index is -0.869. The molecule has 7 heteroatoms. The second-order valence-corrected chi connectivity index (χ2v) is 6.26. The summed E-state index contributed by atoms with van der Waals surface area (Å²) in [5.74, 6) is 0.204. The van der Waals surface area contributed by atoms with Gasteiger partial charge < -0.3 is 14.8 Å². The number of nitrogens with one attached hydrogen (secondary N) is 1. The number of nitrogens with zero attached hydrogens (tertiary/aromatic N) is 1. The van der Waals surface area contributed by atoms with Crippen molar-refractivity contribution in [2.24, 2.45) is 5.92 Å². The van der Waals surface area contributed by atoms with Crippen molar-refractivity contribution in [3.63, 3.8) is 0 Å². The molecule has 0 spiro atoms. The van der Waals surface area contributed by atoms with Gasteiger partial charge in [-0.25, -0.2) is 4.98 Å². The summed E-state index contributed by atoms with van der Waals surface area (Å²) < 4.78 is 5.51. The van der Waals surface area contributed by atoms with E-state index in [0.717, 1.165) is 5.76 Å². The lowest BCUT2D eigenvalue weighted by Gasteiger charge is -2.09. The van der Waals surface area contributed by atoms with Gasteiger partial charge in [0.05, 0.1) is 5.69 Å². The number of aromatic nitrogens is 1. The average Bonchev–Trinajstić information content (AvgIpc) is 3.01. The monoisotopic (exact) mass is 322 g/mol. The molecule has 2 rings (SSSR count). The lowest BCUT2D eigenvalue weighted by Crippen LogP contribution is -2.29. The Kier molecular flexibility index (Phi) is 4.97. The summed E-state index contributed by atoms with van der Waals surface area (Å²) in [6.45, 7) is 5.72. The predicted octanol–water partition coefficient (Wildman–Crippen LogP) is 2.86. The molecule has 0 aliphatic heterocycles. The number of thiazole rings is 1. The van der Waals surface area contributed by atoms with E-state index in [4.69, 9.17) is 9.52 Å². The molecule has 0 aromatic carbocycles. The summed E-state index contributed by atoms with van der Waals surface area (Å²) in [5.41, 5.74) is 0.637. The minimum absolute atomic E-state index is 0.0267. The van der Waals surface area contributed by atoms with Crippen LogP contribution in [0.1, 0.15) is 34.5 Å². The zero-order valence-corrected chi connectivity index (χ0v) is 13.5. The SMILES string of the molecule is Cc1ccc(-c2nc(C)c(C(=O)NCC(C)CC(=O)O)s2)o1. The first-order valence-corrected chi connectivity index (χ1v) is 7.72. The number of carbonyl (C=O) groups excluding carboxylic acids is 1. The molecule has 0 fully saturated rings. The third-order valence-corrected chi connectivity index (χ3v) is 4.26. The van der Waals surface area contributed by atoms with Crippen molar-refractivity contribution in [2.45, 2.75) is 27.2 Å². The van der Waals surface area contributed by atoms with Gasteiger partial charge in [0, 0.05) is 13.0 Å². The summed E-state index contributed by atoms with van der Waals surface area (Å²) in [6.07, 6.45) is 0.0267. The van der Waals surface area contributed by atoms with E-state index in [9.17, 15) is 9.59 Å². The van der Waals surface area contributed by atoms with Gasteiger partial charge >= 0.3 is 5.97 Å². The summed E-state index contributed by atoms with van der Waals surface area (Å²) in [6, 6.07) is 3.67. The van der Waals surface area contributed by atoms with Crippen LogP contribution in [-0.2, 0) is 4.79 Å². The maximum Gasteiger partial charge on any atom is 0.303 e. The maximum atomic E-state index is 12.2. The van der Waals surface area contributed by atoms with E-state index in [0.29, 0.717) is 27.9 Å². The molecule has 2 N–H and O–H groups in total. The number of aryl methyl sites for hydroxylation is 2. The molecule has 0 saturated carbocycles. The lowest BCUT2D eigenvalue weighted by molar-refractivity contribution is -0.137. The summed E-state index contributed by atoms with van der Waals surface area (Å²) >= 11 is 1.27. The van der Waals surface area contributed by atoms with Crippen molar-refractivity contribution in [3.8, 4) is 10.8 Å². The first-order chi connectivity index (χ1) is 10.4. The summed E-state index contributed by atoms with van der Waals surface area (Å²) in [5, 5.41) is 12.1. The van der Waals surface area contributed by atoms with Crippen LogP contribution in [0.15, 0.2) is 16.5 Å². The molecule has 1 atom stereocenters. The number of hydrogen-bond acceptors (Lipinski definition) is 5. The number of carboxylic acid groups (broad SMARTS) is 1. The van der Waals surface area contributed by atoms with Crippen molar-refractivity contribution in [1.29, 1.82) is 0 Å². The molecule has 2 aromatic heterocycles. The fourth-order valence-corrected chi connectivity index (χ4v) is 2.92.